The quantitative estimate of drug-likeness (QED) is 0.0576. The molecule has 2 unspecified atom stereocenters. The highest BCUT2D eigenvalue weighted by molar-refractivity contribution is 6.66. The fourth-order valence-corrected chi connectivity index (χ4v) is 10.2. The van der Waals surface area contributed by atoms with Crippen LogP contribution in [-0.2, 0) is 9.59 Å². The summed E-state index contributed by atoms with van der Waals surface area (Å²) in [6.45, 7) is 8.67. The number of fused-ring (bicyclic) bond motifs is 2. The van der Waals surface area contributed by atoms with Crippen LogP contribution >= 0.6 is 11.6 Å². The maximum Gasteiger partial charge on any atom is 0.269 e. The van der Waals surface area contributed by atoms with Crippen molar-refractivity contribution in [3.63, 3.8) is 0 Å². The summed E-state index contributed by atoms with van der Waals surface area (Å²) in [5.41, 5.74) is 21.9. The van der Waals surface area contributed by atoms with Crippen molar-refractivity contribution in [3.8, 4) is 45.5 Å². The van der Waals surface area contributed by atoms with Crippen LogP contribution in [0.3, 0.4) is 0 Å². The number of para-hydroxylation sites is 2. The number of halogens is 1. The molecular weight excluding hydrogens is 944 g/mol. The molecule has 7 N–H and O–H groups in total. The van der Waals surface area contributed by atoms with Crippen LogP contribution in [0, 0.1) is 11.8 Å². The molecule has 2 saturated heterocycles. The van der Waals surface area contributed by atoms with Crippen molar-refractivity contribution in [2.75, 3.05) is 50.1 Å². The summed E-state index contributed by atoms with van der Waals surface area (Å²) < 4.78 is 15.4. The number of primary amides is 2. The number of nitrogens with one attached hydrogen (secondary N) is 3. The van der Waals surface area contributed by atoms with E-state index in [0.717, 1.165) is 118 Å². The maximum absolute atomic E-state index is 12.5. The molecule has 3 amide bonds. The van der Waals surface area contributed by atoms with Crippen molar-refractivity contribution in [1.29, 1.82) is 0 Å². The Morgan fingerprint density at radius 2 is 0.973 bits per heavy atom. The lowest BCUT2D eigenvalue weighted by atomic mass is 9.81. The first-order chi connectivity index (χ1) is 35.5. The average Bonchev–Trinajstić information content (AvgIpc) is 4.01. The molecule has 0 spiro atoms. The zero-order chi connectivity index (χ0) is 51.3. The number of ether oxygens (including phenoxy) is 2. The van der Waals surface area contributed by atoms with E-state index in [1.807, 2.05) is 126 Å². The predicted molar refractivity (Wildman–Crippen MR) is 284 cm³/mol. The molecule has 4 aliphatic rings. The number of amides is 3. The van der Waals surface area contributed by atoms with Gasteiger partial charge in [0.2, 0.25) is 11.1 Å². The highest BCUT2D eigenvalue weighted by Gasteiger charge is 2.37. The molecule has 10 rings (SSSR count). The topological polar surface area (TPSA) is 214 Å². The van der Waals surface area contributed by atoms with Crippen LogP contribution in [0.4, 0.5) is 0 Å². The number of nitrogens with two attached hydrogens (primary N) is 2. The second kappa shape index (κ2) is 24.6. The molecule has 2 atom stereocenters. The Morgan fingerprint density at radius 3 is 1.36 bits per heavy atom. The summed E-state index contributed by atoms with van der Waals surface area (Å²) in [7, 11) is 0. The summed E-state index contributed by atoms with van der Waals surface area (Å²) in [6, 6.07) is 34.4. The monoisotopic (exact) mass is 1010 g/mol. The van der Waals surface area contributed by atoms with Gasteiger partial charge >= 0.3 is 0 Å². The van der Waals surface area contributed by atoms with Gasteiger partial charge in [-0.2, -0.15) is 0 Å². The molecular formula is C56H63ClN10O6. The number of aromatic nitrogens is 4. The molecule has 0 aliphatic carbocycles. The van der Waals surface area contributed by atoms with Gasteiger partial charge in [-0.05, 0) is 174 Å². The van der Waals surface area contributed by atoms with Crippen LogP contribution in [0.5, 0.6) is 23.0 Å². The third kappa shape index (κ3) is 12.7. The summed E-state index contributed by atoms with van der Waals surface area (Å²) in [4.78, 5) is 58.7. The van der Waals surface area contributed by atoms with Gasteiger partial charge in [-0.1, -0.05) is 48.6 Å². The molecule has 2 aromatic heterocycles. The summed E-state index contributed by atoms with van der Waals surface area (Å²) in [6.07, 6.45) is 12.3. The second-order valence-electron chi connectivity index (χ2n) is 18.3. The van der Waals surface area contributed by atoms with Crippen LogP contribution < -0.4 is 37.1 Å². The average molecular weight is 1010 g/mol. The highest BCUT2D eigenvalue weighted by atomic mass is 35.5. The van der Waals surface area contributed by atoms with E-state index in [4.69, 9.17) is 42.5 Å². The van der Waals surface area contributed by atoms with Crippen molar-refractivity contribution in [2.24, 2.45) is 23.3 Å². The van der Waals surface area contributed by atoms with Gasteiger partial charge in [0.25, 0.3) is 11.8 Å². The largest absolute Gasteiger partial charge is 0.457 e. The molecule has 4 aliphatic heterocycles. The standard InChI is InChI=1S/C28H31N5O3.C24H27N5O2.C4H5ClO/c1-2-6-24(34)32-17-14-19(15-18-32)23-13-16-30-33-26(27(29)35)25(31-28(23)33)20-9-11-22(12-10-20)36-21-7-4-3-5-8-21;25-23(30)22-21(17-6-8-19(9-7-17)31-18-4-2-1-3-5-18)28-24-20(12-15-27-29(22)24)16-10-13-26-14-11-16;1-2-3-4(5)6/h2-12,19,23,30H,13-18H2,1H3,(H2,29,35);1-9,16,20,26-27H,10-15H2,(H2,25,30);2-3H,1H3/b6-2+;;3-2+. The van der Waals surface area contributed by atoms with Crippen molar-refractivity contribution >= 4 is 34.6 Å². The third-order valence-corrected chi connectivity index (χ3v) is 13.7. The van der Waals surface area contributed by atoms with Crippen molar-refractivity contribution in [1.82, 2.24) is 29.5 Å². The minimum atomic E-state index is -0.520. The molecule has 6 aromatic rings. The van der Waals surface area contributed by atoms with Crippen LogP contribution in [0.2, 0.25) is 0 Å². The first-order valence-corrected chi connectivity index (χ1v) is 25.3. The Bertz CT molecular complexity index is 2890. The lowest BCUT2D eigenvalue weighted by Crippen LogP contribution is -2.41. The second-order valence-corrected chi connectivity index (χ2v) is 18.6. The summed E-state index contributed by atoms with van der Waals surface area (Å²) in [5.74, 6) is 5.28. The van der Waals surface area contributed by atoms with Crippen molar-refractivity contribution in [3.05, 3.63) is 157 Å². The van der Waals surface area contributed by atoms with Gasteiger partial charge in [0.05, 0.1) is 0 Å². The molecule has 73 heavy (non-hydrogen) atoms. The Morgan fingerprint density at radius 1 is 0.562 bits per heavy atom. The first-order valence-electron chi connectivity index (χ1n) is 25.0. The molecule has 6 heterocycles. The van der Waals surface area contributed by atoms with E-state index in [9.17, 15) is 19.2 Å². The molecule has 17 heteroatoms. The van der Waals surface area contributed by atoms with Gasteiger partial charge in [-0.15, -0.1) is 0 Å². The highest BCUT2D eigenvalue weighted by Crippen LogP contribution is 2.41. The van der Waals surface area contributed by atoms with Crippen LogP contribution in [0.25, 0.3) is 22.5 Å². The minimum Gasteiger partial charge on any atom is -0.457 e. The number of benzene rings is 4. The summed E-state index contributed by atoms with van der Waals surface area (Å²) in [5, 5.41) is 3.01. The van der Waals surface area contributed by atoms with E-state index in [1.54, 1.807) is 29.8 Å². The van der Waals surface area contributed by atoms with E-state index in [-0.39, 0.29) is 11.8 Å². The number of piperidine rings is 2. The Labute approximate surface area is 430 Å². The number of likely N-dealkylation sites (tertiary alicyclic amines) is 1. The molecule has 2 fully saturated rings. The van der Waals surface area contributed by atoms with Gasteiger partial charge in [0.1, 0.15) is 46.0 Å². The van der Waals surface area contributed by atoms with Crippen LogP contribution in [0.1, 0.15) is 96.8 Å². The lowest BCUT2D eigenvalue weighted by molar-refractivity contribution is -0.127. The normalized spacial score (nSPS) is 17.7. The SMILES string of the molecule is C/C=C/C(=O)Cl.C/C=C/C(=O)N1CCC(C2CCNn3c2nc(-c2ccc(Oc4ccccc4)cc2)c3C(N)=O)CC1.NC(=O)c1c(-c2ccc(Oc3ccccc3)cc2)nc2n1NCCC2C1CCNCC1. The smallest absolute Gasteiger partial charge is 0.269 e. The Kier molecular flexibility index (Phi) is 17.4. The number of hydrogen-bond acceptors (Lipinski definition) is 11. The number of carbonyl (C=O) groups excluding carboxylic acids is 4. The molecule has 0 radical (unpaired) electrons. The Hall–Kier alpha value is -7.69. The van der Waals surface area contributed by atoms with Gasteiger partial charge in [-0.25, -0.2) is 19.3 Å². The van der Waals surface area contributed by atoms with Gasteiger partial charge in [0.15, 0.2) is 11.4 Å². The Balaban J connectivity index is 0.000000177. The van der Waals surface area contributed by atoms with Crippen LogP contribution in [-0.4, -0.2) is 86.5 Å². The number of carbonyl (C=O) groups is 4. The predicted octanol–water partition coefficient (Wildman–Crippen LogP) is 9.09. The summed E-state index contributed by atoms with van der Waals surface area (Å²) >= 11 is 4.85. The third-order valence-electron chi connectivity index (χ3n) is 13.6. The van der Waals surface area contributed by atoms with Crippen molar-refractivity contribution in [2.45, 2.75) is 64.2 Å². The van der Waals surface area contributed by atoms with E-state index in [2.05, 4.69) is 16.2 Å². The van der Waals surface area contributed by atoms with E-state index >= 15 is 0 Å². The molecule has 380 valence electrons. The zero-order valence-corrected chi connectivity index (χ0v) is 42.0. The molecule has 0 bridgehead atoms. The molecule has 4 aromatic carbocycles. The van der Waals surface area contributed by atoms with E-state index in [0.29, 0.717) is 46.3 Å². The fraction of sp³-hybridized carbons (Fsp3) is 0.321. The molecule has 0 saturated carbocycles. The number of rotatable bonds is 12. The number of hydrogen-bond donors (Lipinski definition) is 5. The number of nitrogens with zero attached hydrogens (tertiary/aromatic N) is 5. The number of allylic oxidation sites excluding steroid dienone is 3. The van der Waals surface area contributed by atoms with E-state index in [1.165, 1.54) is 6.08 Å². The van der Waals surface area contributed by atoms with Gasteiger partial charge in [0, 0.05) is 49.1 Å². The lowest BCUT2D eigenvalue weighted by Gasteiger charge is -2.37. The van der Waals surface area contributed by atoms with E-state index < -0.39 is 17.1 Å². The van der Waals surface area contributed by atoms with Gasteiger partial charge in [-0.3, -0.25) is 19.2 Å². The molecule has 16 nitrogen and oxygen atoms in total. The van der Waals surface area contributed by atoms with Gasteiger partial charge < -0.3 is 42.0 Å². The minimum absolute atomic E-state index is 0.0701. The fourth-order valence-electron chi connectivity index (χ4n) is 10.1. The zero-order valence-electron chi connectivity index (χ0n) is 41.2. The van der Waals surface area contributed by atoms with Crippen molar-refractivity contribution < 1.29 is 28.7 Å². The van der Waals surface area contributed by atoms with Crippen LogP contribution in [0.15, 0.2) is 133 Å². The number of imidazole rings is 2. The first kappa shape index (κ1) is 51.7. The maximum atomic E-state index is 12.5.